The zero-order chi connectivity index (χ0) is 26.9. The fraction of sp³-hybridized carbons (Fsp3) is 0.621. The Morgan fingerprint density at radius 3 is 2.28 bits per heavy atom. The number of allylic oxidation sites excluding steroid dienone is 1. The van der Waals surface area contributed by atoms with Crippen LogP contribution in [-0.2, 0) is 14.3 Å². The molecule has 6 nitrogen and oxygen atoms in total. The van der Waals surface area contributed by atoms with E-state index in [1.807, 2.05) is 38.1 Å². The van der Waals surface area contributed by atoms with E-state index < -0.39 is 5.97 Å². The summed E-state index contributed by atoms with van der Waals surface area (Å²) in [5, 5.41) is 0.703. The van der Waals surface area contributed by atoms with Gasteiger partial charge in [-0.2, -0.15) is 0 Å². The van der Waals surface area contributed by atoms with Crippen molar-refractivity contribution in [2.45, 2.75) is 98.5 Å². The molecule has 1 saturated carbocycles. The van der Waals surface area contributed by atoms with Crippen molar-refractivity contribution in [2.24, 2.45) is 16.6 Å². The lowest BCUT2D eigenvalue weighted by Gasteiger charge is -2.19. The molecule has 1 aliphatic rings. The highest BCUT2D eigenvalue weighted by Gasteiger charge is 2.21. The van der Waals surface area contributed by atoms with Crippen LogP contribution in [0.25, 0.3) is 0 Å². The Labute approximate surface area is 222 Å². The van der Waals surface area contributed by atoms with E-state index >= 15 is 0 Å². The second-order valence-corrected chi connectivity index (χ2v) is 9.51. The zero-order valence-electron chi connectivity index (χ0n) is 22.8. The lowest BCUT2D eigenvalue weighted by atomic mass is 9.91. The van der Waals surface area contributed by atoms with Gasteiger partial charge in [0.2, 0.25) is 0 Å². The number of carbonyl (C=O) groups excluding carboxylic acids is 2. The summed E-state index contributed by atoms with van der Waals surface area (Å²) in [6.45, 7) is 10.5. The molecule has 0 bridgehead atoms. The highest BCUT2D eigenvalue weighted by atomic mass is 35.5. The summed E-state index contributed by atoms with van der Waals surface area (Å²) < 4.78 is 10.8. The topological polar surface area (TPSA) is 91.0 Å². The molecular formula is C29H45ClN2O4. The maximum Gasteiger partial charge on any atom is 0.354 e. The molecule has 0 amide bonds. The van der Waals surface area contributed by atoms with Crippen LogP contribution in [0, 0.1) is 5.92 Å². The van der Waals surface area contributed by atoms with Crippen LogP contribution in [0.4, 0.5) is 0 Å². The Kier molecular flexibility index (Phi) is 15.8. The van der Waals surface area contributed by atoms with Gasteiger partial charge in [0.15, 0.2) is 5.78 Å². The average Bonchev–Trinajstić information content (AvgIpc) is 2.88. The number of benzene rings is 1. The lowest BCUT2D eigenvalue weighted by Crippen LogP contribution is -2.24. The number of nitrogens with zero attached hydrogens (tertiary/aromatic N) is 1. The van der Waals surface area contributed by atoms with Gasteiger partial charge in [0.1, 0.15) is 11.4 Å². The van der Waals surface area contributed by atoms with Crippen LogP contribution in [0.15, 0.2) is 40.5 Å². The van der Waals surface area contributed by atoms with Crippen LogP contribution in [0.5, 0.6) is 5.75 Å². The molecule has 1 atom stereocenters. The molecule has 1 aromatic carbocycles. The molecule has 1 unspecified atom stereocenters. The third-order valence-electron chi connectivity index (χ3n) is 6.20. The van der Waals surface area contributed by atoms with Crippen molar-refractivity contribution in [2.75, 3.05) is 13.2 Å². The first-order chi connectivity index (χ1) is 17.3. The molecule has 0 aromatic heterocycles. The number of rotatable bonds is 12. The standard InChI is InChI=1S/C16H26N2O3.C13H19ClO/c1-4-11(3)14(19)10-18-13-9-7-6-8-12(13)15(17)16(20)21-5-2;1-3-7-11(8-4-2)15-13-10-6-5-9-12(13)14/h11H,4-10,17H2,1-3H3;5-6,9-11H,3-4,7-8H2,1-2H3/b15-12-,18-13?;. The number of ketones is 1. The number of ether oxygens (including phenoxy) is 2. The molecule has 7 heteroatoms. The quantitative estimate of drug-likeness (QED) is 0.235. The monoisotopic (exact) mass is 520 g/mol. The summed E-state index contributed by atoms with van der Waals surface area (Å²) in [5.74, 6) is 0.471. The van der Waals surface area contributed by atoms with Crippen molar-refractivity contribution in [1.29, 1.82) is 0 Å². The first-order valence-electron chi connectivity index (χ1n) is 13.4. The van der Waals surface area contributed by atoms with Gasteiger partial charge in [0, 0.05) is 17.2 Å². The van der Waals surface area contributed by atoms with Gasteiger partial charge in [-0.25, -0.2) is 4.79 Å². The largest absolute Gasteiger partial charge is 0.489 e. The maximum atomic E-state index is 11.9. The number of nitrogens with two attached hydrogens (primary N) is 1. The molecule has 0 aliphatic heterocycles. The van der Waals surface area contributed by atoms with Crippen LogP contribution in [0.1, 0.15) is 92.4 Å². The normalized spacial score (nSPS) is 16.7. The molecule has 1 aliphatic carbocycles. The van der Waals surface area contributed by atoms with Crippen LogP contribution >= 0.6 is 11.6 Å². The second-order valence-electron chi connectivity index (χ2n) is 9.11. The Balaban J connectivity index is 0.000000381. The SMILES string of the molecule is CCCC(CCC)Oc1ccccc1Cl.CCOC(=O)/C(N)=C1\CCCCC1=NCC(=O)C(C)CC. The van der Waals surface area contributed by atoms with Crippen LogP contribution < -0.4 is 10.5 Å². The Hall–Kier alpha value is -2.34. The predicted octanol–water partition coefficient (Wildman–Crippen LogP) is 7.08. The van der Waals surface area contributed by atoms with Gasteiger partial charge in [0.05, 0.1) is 24.3 Å². The molecule has 0 saturated heterocycles. The number of aliphatic imine (C=N–C) groups is 1. The molecule has 1 aromatic rings. The van der Waals surface area contributed by atoms with Gasteiger partial charge < -0.3 is 15.2 Å². The minimum atomic E-state index is -0.490. The van der Waals surface area contributed by atoms with Gasteiger partial charge in [-0.3, -0.25) is 9.79 Å². The van der Waals surface area contributed by atoms with Crippen LogP contribution in [0.3, 0.4) is 0 Å². The van der Waals surface area contributed by atoms with E-state index in [1.165, 1.54) is 0 Å². The molecule has 0 spiro atoms. The summed E-state index contributed by atoms with van der Waals surface area (Å²) in [5.41, 5.74) is 7.60. The Morgan fingerprint density at radius 2 is 1.69 bits per heavy atom. The molecule has 2 rings (SSSR count). The summed E-state index contributed by atoms with van der Waals surface area (Å²) in [6, 6.07) is 7.67. The van der Waals surface area contributed by atoms with Crippen LogP contribution in [0.2, 0.25) is 5.02 Å². The molecule has 1 fully saturated rings. The minimum Gasteiger partial charge on any atom is -0.489 e. The molecular weight excluding hydrogens is 476 g/mol. The van der Waals surface area contributed by atoms with Gasteiger partial charge >= 0.3 is 5.97 Å². The number of hydrogen-bond donors (Lipinski definition) is 1. The van der Waals surface area contributed by atoms with E-state index in [2.05, 4.69) is 18.8 Å². The van der Waals surface area contributed by atoms with Crippen molar-refractivity contribution < 1.29 is 19.1 Å². The van der Waals surface area contributed by atoms with E-state index in [0.717, 1.165) is 74.8 Å². The highest BCUT2D eigenvalue weighted by Crippen LogP contribution is 2.26. The lowest BCUT2D eigenvalue weighted by molar-refractivity contribution is -0.138. The smallest absolute Gasteiger partial charge is 0.354 e. The number of esters is 1. The van der Waals surface area contributed by atoms with Gasteiger partial charge in [-0.05, 0) is 64.0 Å². The minimum absolute atomic E-state index is 0.0211. The fourth-order valence-corrected chi connectivity index (χ4v) is 4.05. The van der Waals surface area contributed by atoms with E-state index in [9.17, 15) is 9.59 Å². The number of hydrogen-bond acceptors (Lipinski definition) is 6. The predicted molar refractivity (Wildman–Crippen MR) is 149 cm³/mol. The third kappa shape index (κ3) is 11.2. The summed E-state index contributed by atoms with van der Waals surface area (Å²) >= 11 is 6.04. The van der Waals surface area contributed by atoms with Gasteiger partial charge in [0.25, 0.3) is 0 Å². The van der Waals surface area contributed by atoms with E-state index in [4.69, 9.17) is 26.8 Å². The van der Waals surface area contributed by atoms with Crippen molar-refractivity contribution in [1.82, 2.24) is 0 Å². The fourth-order valence-electron chi connectivity index (χ4n) is 3.87. The molecule has 2 N–H and O–H groups in total. The molecule has 0 radical (unpaired) electrons. The third-order valence-corrected chi connectivity index (χ3v) is 6.51. The second kappa shape index (κ2) is 18.0. The van der Waals surface area contributed by atoms with Crippen molar-refractivity contribution in [3.05, 3.63) is 40.6 Å². The Morgan fingerprint density at radius 1 is 1.06 bits per heavy atom. The molecule has 202 valence electrons. The van der Waals surface area contributed by atoms with E-state index in [-0.39, 0.29) is 23.9 Å². The van der Waals surface area contributed by atoms with E-state index in [1.54, 1.807) is 6.92 Å². The van der Waals surface area contributed by atoms with Crippen molar-refractivity contribution in [3.63, 3.8) is 0 Å². The van der Waals surface area contributed by atoms with Gasteiger partial charge in [-0.1, -0.05) is 64.3 Å². The highest BCUT2D eigenvalue weighted by molar-refractivity contribution is 6.32. The number of carbonyl (C=O) groups is 2. The first-order valence-corrected chi connectivity index (χ1v) is 13.8. The van der Waals surface area contributed by atoms with Crippen molar-refractivity contribution >= 4 is 29.1 Å². The molecule has 0 heterocycles. The Bertz CT molecular complexity index is 876. The number of halogens is 1. The summed E-state index contributed by atoms with van der Waals surface area (Å²) in [7, 11) is 0. The first kappa shape index (κ1) is 31.7. The maximum absolute atomic E-state index is 11.9. The van der Waals surface area contributed by atoms with Crippen LogP contribution in [-0.4, -0.2) is 36.7 Å². The summed E-state index contributed by atoms with van der Waals surface area (Å²) in [4.78, 5) is 28.1. The number of Topliss-reactive ketones (excluding diaryl/α,β-unsaturated/α-hetero) is 1. The average molecular weight is 521 g/mol. The zero-order valence-corrected chi connectivity index (χ0v) is 23.5. The van der Waals surface area contributed by atoms with Crippen molar-refractivity contribution in [3.8, 4) is 5.75 Å². The summed E-state index contributed by atoms with van der Waals surface area (Å²) in [6.07, 6.45) is 9.09. The van der Waals surface area contributed by atoms with E-state index in [0.29, 0.717) is 17.7 Å². The molecule has 36 heavy (non-hydrogen) atoms. The number of para-hydroxylation sites is 1. The van der Waals surface area contributed by atoms with Gasteiger partial charge in [-0.15, -0.1) is 0 Å².